The van der Waals surface area contributed by atoms with E-state index < -0.39 is 0 Å². The van der Waals surface area contributed by atoms with Gasteiger partial charge in [0.2, 0.25) is 5.91 Å². The highest BCUT2D eigenvalue weighted by atomic mass is 16.4. The highest BCUT2D eigenvalue weighted by molar-refractivity contribution is 5.73. The lowest BCUT2D eigenvalue weighted by molar-refractivity contribution is -0.118. The second-order valence-corrected chi connectivity index (χ2v) is 1.22. The van der Waals surface area contributed by atoms with Crippen molar-refractivity contribution >= 4 is 5.91 Å². The SMILES string of the molecule is CCCC(N)=O.N[O]. The van der Waals surface area contributed by atoms with Crippen molar-refractivity contribution in [3.63, 3.8) is 0 Å². The summed E-state index contributed by atoms with van der Waals surface area (Å²) in [6, 6.07) is 0. The van der Waals surface area contributed by atoms with Gasteiger partial charge in [0.05, 0.1) is 0 Å². The monoisotopic (exact) mass is 119 g/mol. The number of primary amides is 1. The molecule has 0 atom stereocenters. The molecule has 8 heavy (non-hydrogen) atoms. The molecule has 4 N–H and O–H groups in total. The number of carbonyl (C=O) groups excluding carboxylic acids is 1. The quantitative estimate of drug-likeness (QED) is 0.482. The number of carbonyl (C=O) groups is 1. The van der Waals surface area contributed by atoms with E-state index >= 15 is 0 Å². The summed E-state index contributed by atoms with van der Waals surface area (Å²) in [5.74, 6) is 3.04. The van der Waals surface area contributed by atoms with E-state index in [-0.39, 0.29) is 5.91 Å². The first kappa shape index (κ1) is 10.4. The molecule has 4 heteroatoms. The highest BCUT2D eigenvalue weighted by Gasteiger charge is 1.84. The van der Waals surface area contributed by atoms with Gasteiger partial charge in [-0.1, -0.05) is 6.92 Å². The maximum atomic E-state index is 9.82. The number of hydrogen-bond donors (Lipinski definition) is 2. The zero-order chi connectivity index (χ0) is 6.99. The summed E-state index contributed by atoms with van der Waals surface area (Å²) in [7, 11) is 0. The van der Waals surface area contributed by atoms with Gasteiger partial charge in [0, 0.05) is 6.42 Å². The van der Waals surface area contributed by atoms with Gasteiger partial charge in [-0.15, -0.1) is 5.21 Å². The molecule has 1 amide bonds. The van der Waals surface area contributed by atoms with Crippen LogP contribution in [0.4, 0.5) is 0 Å². The first-order valence-electron chi connectivity index (χ1n) is 2.29. The molecule has 0 aromatic rings. The molecule has 49 valence electrons. The fourth-order valence-corrected chi connectivity index (χ4v) is 0.246. The first-order valence-corrected chi connectivity index (χ1v) is 2.29. The van der Waals surface area contributed by atoms with Gasteiger partial charge < -0.3 is 5.73 Å². The van der Waals surface area contributed by atoms with Crippen molar-refractivity contribution in [3.8, 4) is 0 Å². The molecule has 0 aromatic carbocycles. The second kappa shape index (κ2) is 9.63. The third-order valence-electron chi connectivity index (χ3n) is 0.496. The van der Waals surface area contributed by atoms with Gasteiger partial charge in [-0.05, 0) is 6.42 Å². The maximum Gasteiger partial charge on any atom is 0.217 e. The van der Waals surface area contributed by atoms with Crippen LogP contribution in [0, 0.1) is 0 Å². The van der Waals surface area contributed by atoms with Crippen LogP contribution >= 0.6 is 0 Å². The van der Waals surface area contributed by atoms with E-state index in [9.17, 15) is 4.79 Å². The molecule has 0 rings (SSSR count). The fourth-order valence-electron chi connectivity index (χ4n) is 0.246. The molecule has 1 radical (unpaired) electrons. The largest absolute Gasteiger partial charge is 0.370 e. The number of rotatable bonds is 2. The topological polar surface area (TPSA) is 89.0 Å². The average molecular weight is 119 g/mol. The molecule has 0 heterocycles. The van der Waals surface area contributed by atoms with Crippen LogP contribution in [0.2, 0.25) is 0 Å². The molecule has 0 aliphatic rings. The molecule has 0 aliphatic heterocycles. The average Bonchev–Trinajstić information content (AvgIpc) is 1.72. The molecule has 4 nitrogen and oxygen atoms in total. The summed E-state index contributed by atoms with van der Waals surface area (Å²) in [4.78, 5) is 9.82. The van der Waals surface area contributed by atoms with Gasteiger partial charge in [0.15, 0.2) is 0 Å². The molecule has 0 aromatic heterocycles. The predicted molar refractivity (Wildman–Crippen MR) is 29.0 cm³/mol. The van der Waals surface area contributed by atoms with Crippen LogP contribution in [0.5, 0.6) is 0 Å². The van der Waals surface area contributed by atoms with Crippen LogP contribution in [-0.2, 0) is 10.0 Å². The van der Waals surface area contributed by atoms with E-state index in [1.165, 1.54) is 0 Å². The van der Waals surface area contributed by atoms with Crippen molar-refractivity contribution < 1.29 is 10.0 Å². The molecular weight excluding hydrogens is 108 g/mol. The zero-order valence-corrected chi connectivity index (χ0v) is 4.89. The Morgan fingerprint density at radius 3 is 1.88 bits per heavy atom. The molecule has 0 spiro atoms. The Bertz CT molecular complexity index is 56.0. The minimum absolute atomic E-state index is 0.211. The minimum Gasteiger partial charge on any atom is -0.370 e. The van der Waals surface area contributed by atoms with E-state index in [0.717, 1.165) is 6.42 Å². The van der Waals surface area contributed by atoms with Crippen LogP contribution < -0.4 is 11.6 Å². The van der Waals surface area contributed by atoms with Crippen LogP contribution in [0.25, 0.3) is 0 Å². The summed E-state index contributed by atoms with van der Waals surface area (Å²) >= 11 is 0. The molecule has 0 saturated carbocycles. The molecule has 0 saturated heterocycles. The van der Waals surface area contributed by atoms with Crippen LogP contribution in [0.3, 0.4) is 0 Å². The Kier molecular flexibility index (Phi) is 12.5. The Morgan fingerprint density at radius 2 is 1.88 bits per heavy atom. The standard InChI is InChI=1S/C4H9NO.H2NO/c1-2-3-4(5)6;1-2/h2-3H2,1H3,(H2,5,6);1H2. The summed E-state index contributed by atoms with van der Waals surface area (Å²) in [6.07, 6.45) is 1.37. The van der Waals surface area contributed by atoms with Gasteiger partial charge in [0.25, 0.3) is 0 Å². The summed E-state index contributed by atoms with van der Waals surface area (Å²) in [5, 5.41) is 7.75. The molecule has 0 unspecified atom stereocenters. The lowest BCUT2D eigenvalue weighted by atomic mass is 10.3. The minimum atomic E-state index is -0.211. The van der Waals surface area contributed by atoms with Crippen LogP contribution in [-0.4, -0.2) is 5.91 Å². The van der Waals surface area contributed by atoms with Crippen molar-refractivity contribution in [3.05, 3.63) is 0 Å². The molecule has 0 aliphatic carbocycles. The Hall–Kier alpha value is -0.610. The number of nitrogens with two attached hydrogens (primary N) is 2. The lowest BCUT2D eigenvalue weighted by Crippen LogP contribution is -2.08. The third-order valence-corrected chi connectivity index (χ3v) is 0.496. The Labute approximate surface area is 48.4 Å². The van der Waals surface area contributed by atoms with Crippen LogP contribution in [0.15, 0.2) is 0 Å². The van der Waals surface area contributed by atoms with Crippen molar-refractivity contribution in [2.45, 2.75) is 19.8 Å². The third kappa shape index (κ3) is 18.2. The van der Waals surface area contributed by atoms with Crippen molar-refractivity contribution in [2.75, 3.05) is 0 Å². The molecule has 0 bridgehead atoms. The lowest BCUT2D eigenvalue weighted by Gasteiger charge is -1.81. The Balaban J connectivity index is 0. The van der Waals surface area contributed by atoms with Gasteiger partial charge in [-0.25, -0.2) is 0 Å². The predicted octanol–water partition coefficient (Wildman–Crippen LogP) is -0.438. The van der Waals surface area contributed by atoms with Gasteiger partial charge in [-0.3, -0.25) is 4.79 Å². The van der Waals surface area contributed by atoms with Crippen molar-refractivity contribution in [2.24, 2.45) is 11.6 Å². The number of amides is 1. The van der Waals surface area contributed by atoms with Gasteiger partial charge >= 0.3 is 0 Å². The van der Waals surface area contributed by atoms with E-state index in [0.29, 0.717) is 6.42 Å². The number of hydrogen-bond acceptors (Lipinski definition) is 2. The summed E-state index contributed by atoms with van der Waals surface area (Å²) in [5.41, 5.74) is 4.76. The van der Waals surface area contributed by atoms with E-state index in [1.54, 1.807) is 0 Å². The van der Waals surface area contributed by atoms with E-state index in [4.69, 9.17) is 10.9 Å². The molecular formula is C4H11N2O2. The van der Waals surface area contributed by atoms with E-state index in [2.05, 4.69) is 5.90 Å². The fraction of sp³-hybridized carbons (Fsp3) is 0.750. The maximum absolute atomic E-state index is 9.82. The zero-order valence-electron chi connectivity index (χ0n) is 4.89. The highest BCUT2D eigenvalue weighted by Crippen LogP contribution is 1.79. The van der Waals surface area contributed by atoms with Crippen molar-refractivity contribution in [1.82, 2.24) is 0 Å². The van der Waals surface area contributed by atoms with E-state index in [1.807, 2.05) is 6.92 Å². The van der Waals surface area contributed by atoms with Gasteiger partial charge in [-0.2, -0.15) is 5.90 Å². The normalized spacial score (nSPS) is 6.88. The van der Waals surface area contributed by atoms with Gasteiger partial charge in [0.1, 0.15) is 0 Å². The van der Waals surface area contributed by atoms with Crippen molar-refractivity contribution in [1.29, 1.82) is 0 Å². The first-order chi connectivity index (χ1) is 3.77. The molecule has 0 fully saturated rings. The summed E-state index contributed by atoms with van der Waals surface area (Å²) < 4.78 is 0. The second-order valence-electron chi connectivity index (χ2n) is 1.22. The summed E-state index contributed by atoms with van der Waals surface area (Å²) in [6.45, 7) is 1.92. The smallest absolute Gasteiger partial charge is 0.217 e. The Morgan fingerprint density at radius 1 is 1.50 bits per heavy atom. The van der Waals surface area contributed by atoms with Crippen LogP contribution in [0.1, 0.15) is 19.8 Å².